The van der Waals surface area contributed by atoms with E-state index in [1.807, 2.05) is 6.07 Å². The second kappa shape index (κ2) is 7.27. The second-order valence-corrected chi connectivity index (χ2v) is 6.79. The number of hydrogen-bond donors (Lipinski definition) is 3. The molecule has 1 amide bonds. The molecule has 2 aromatic rings. The molecule has 0 spiro atoms. The van der Waals surface area contributed by atoms with Crippen molar-refractivity contribution in [1.29, 1.82) is 0 Å². The van der Waals surface area contributed by atoms with Gasteiger partial charge in [-0.15, -0.1) is 0 Å². The number of rotatable bonds is 6. The average Bonchev–Trinajstić information content (AvgIpc) is 3.05. The number of methoxy groups -OCH3 is 1. The number of carbonyl (C=O) groups is 1. The molecule has 0 atom stereocenters. The highest BCUT2D eigenvalue weighted by atomic mass is 16.5. The van der Waals surface area contributed by atoms with Gasteiger partial charge in [0.2, 0.25) is 5.91 Å². The van der Waals surface area contributed by atoms with E-state index in [1.165, 1.54) is 0 Å². The van der Waals surface area contributed by atoms with Crippen LogP contribution in [0.2, 0.25) is 0 Å². The van der Waals surface area contributed by atoms with Crippen LogP contribution >= 0.6 is 0 Å². The van der Waals surface area contributed by atoms with Crippen molar-refractivity contribution in [2.24, 2.45) is 0 Å². The molecule has 1 aromatic heterocycles. The Morgan fingerprint density at radius 2 is 2.08 bits per heavy atom. The van der Waals surface area contributed by atoms with Crippen LogP contribution in [0.5, 0.6) is 5.75 Å². The van der Waals surface area contributed by atoms with Crippen molar-refractivity contribution in [3.63, 3.8) is 0 Å². The number of hydrogen-bond acceptors (Lipinski definition) is 4. The number of ether oxygens (including phenoxy) is 1. The summed E-state index contributed by atoms with van der Waals surface area (Å²) >= 11 is 0. The summed E-state index contributed by atoms with van der Waals surface area (Å²) in [7, 11) is 1.59. The van der Waals surface area contributed by atoms with Gasteiger partial charge in [-0.05, 0) is 43.5 Å². The van der Waals surface area contributed by atoms with Crippen LogP contribution in [-0.4, -0.2) is 35.3 Å². The van der Waals surface area contributed by atoms with Crippen molar-refractivity contribution >= 4 is 16.8 Å². The highest BCUT2D eigenvalue weighted by molar-refractivity contribution is 5.81. The van der Waals surface area contributed by atoms with Crippen LogP contribution in [0.4, 0.5) is 0 Å². The number of aromatic nitrogens is 1. The summed E-state index contributed by atoms with van der Waals surface area (Å²) in [5, 5.41) is 13.9. The lowest BCUT2D eigenvalue weighted by atomic mass is 10.0. The van der Waals surface area contributed by atoms with Gasteiger partial charge in [0.05, 0.1) is 12.7 Å². The number of aromatic amines is 1. The zero-order chi connectivity index (χ0) is 17.9. The number of nitrogens with one attached hydrogen (secondary N) is 2. The molecule has 1 saturated carbocycles. The van der Waals surface area contributed by atoms with Gasteiger partial charge in [-0.1, -0.05) is 12.8 Å². The number of H-pyrrole nitrogens is 1. The monoisotopic (exact) mass is 344 g/mol. The van der Waals surface area contributed by atoms with Crippen molar-refractivity contribution in [2.75, 3.05) is 13.7 Å². The summed E-state index contributed by atoms with van der Waals surface area (Å²) in [5.74, 6) is 0.568. The van der Waals surface area contributed by atoms with Gasteiger partial charge in [0.1, 0.15) is 5.75 Å². The third-order valence-corrected chi connectivity index (χ3v) is 4.90. The van der Waals surface area contributed by atoms with Gasteiger partial charge in [-0.2, -0.15) is 0 Å². The van der Waals surface area contributed by atoms with Crippen LogP contribution < -0.4 is 15.6 Å². The Kier molecular flexibility index (Phi) is 5.08. The SMILES string of the molecule is COc1ccc2[nH]c(=O)c(CCC(=O)NCC3(O)CCCC3)cc2c1. The van der Waals surface area contributed by atoms with Gasteiger partial charge in [-0.25, -0.2) is 0 Å². The molecule has 0 aliphatic heterocycles. The lowest BCUT2D eigenvalue weighted by Crippen LogP contribution is -2.40. The molecule has 1 aromatic carbocycles. The standard InChI is InChI=1S/C19H24N2O4/c1-25-15-5-6-16-14(11-15)10-13(18(23)21-16)4-7-17(22)20-12-19(24)8-2-3-9-19/h5-6,10-11,24H,2-4,7-9,12H2,1H3,(H,20,22)(H,21,23). The van der Waals surface area contributed by atoms with Crippen LogP contribution in [0.15, 0.2) is 29.1 Å². The molecule has 3 rings (SSSR count). The molecular weight excluding hydrogens is 320 g/mol. The van der Waals surface area contributed by atoms with Crippen molar-refractivity contribution in [2.45, 2.75) is 44.1 Å². The van der Waals surface area contributed by atoms with Crippen molar-refractivity contribution in [3.8, 4) is 5.75 Å². The van der Waals surface area contributed by atoms with Gasteiger partial charge < -0.3 is 20.1 Å². The van der Waals surface area contributed by atoms with E-state index in [9.17, 15) is 14.7 Å². The molecule has 0 unspecified atom stereocenters. The maximum Gasteiger partial charge on any atom is 0.251 e. The Bertz CT molecular complexity index is 822. The topological polar surface area (TPSA) is 91.4 Å². The Labute approximate surface area is 146 Å². The quantitative estimate of drug-likeness (QED) is 0.746. The molecule has 1 aliphatic carbocycles. The summed E-state index contributed by atoms with van der Waals surface area (Å²) in [5.41, 5.74) is 0.366. The Morgan fingerprint density at radius 1 is 1.32 bits per heavy atom. The molecule has 1 fully saturated rings. The van der Waals surface area contributed by atoms with Crippen molar-refractivity contribution in [1.82, 2.24) is 10.3 Å². The third-order valence-electron chi connectivity index (χ3n) is 4.90. The average molecular weight is 344 g/mol. The first kappa shape index (κ1) is 17.5. The Morgan fingerprint density at radius 3 is 2.80 bits per heavy atom. The predicted octanol–water partition coefficient (Wildman–Crippen LogP) is 1.89. The number of carbonyl (C=O) groups excluding carboxylic acids is 1. The third kappa shape index (κ3) is 4.20. The van der Waals surface area contributed by atoms with E-state index < -0.39 is 5.60 Å². The van der Waals surface area contributed by atoms with E-state index in [0.29, 0.717) is 17.7 Å². The van der Waals surface area contributed by atoms with E-state index in [1.54, 1.807) is 25.3 Å². The second-order valence-electron chi connectivity index (χ2n) is 6.79. The van der Waals surface area contributed by atoms with E-state index in [0.717, 1.165) is 36.6 Å². The molecule has 0 saturated heterocycles. The maximum atomic E-state index is 12.2. The molecule has 0 radical (unpaired) electrons. The maximum absolute atomic E-state index is 12.2. The summed E-state index contributed by atoms with van der Waals surface area (Å²) in [6.07, 6.45) is 4.05. The van der Waals surface area contributed by atoms with E-state index in [-0.39, 0.29) is 24.4 Å². The minimum atomic E-state index is -0.757. The fourth-order valence-corrected chi connectivity index (χ4v) is 3.35. The van der Waals surface area contributed by atoms with Gasteiger partial charge >= 0.3 is 0 Å². The van der Waals surface area contributed by atoms with Crippen LogP contribution in [-0.2, 0) is 11.2 Å². The fourth-order valence-electron chi connectivity index (χ4n) is 3.35. The van der Waals surface area contributed by atoms with Crippen molar-refractivity contribution in [3.05, 3.63) is 40.2 Å². The van der Waals surface area contributed by atoms with Crippen LogP contribution in [0.25, 0.3) is 10.9 Å². The molecule has 6 heteroatoms. The highest BCUT2D eigenvalue weighted by Crippen LogP contribution is 2.28. The summed E-state index contributed by atoms with van der Waals surface area (Å²) in [4.78, 5) is 27.0. The molecule has 3 N–H and O–H groups in total. The number of fused-ring (bicyclic) bond motifs is 1. The first-order valence-electron chi connectivity index (χ1n) is 8.68. The minimum absolute atomic E-state index is 0.148. The lowest BCUT2D eigenvalue weighted by molar-refractivity contribution is -0.122. The van der Waals surface area contributed by atoms with E-state index in [4.69, 9.17) is 4.74 Å². The van der Waals surface area contributed by atoms with Crippen LogP contribution in [0, 0.1) is 0 Å². The molecule has 25 heavy (non-hydrogen) atoms. The van der Waals surface area contributed by atoms with E-state index >= 15 is 0 Å². The molecule has 0 bridgehead atoms. The highest BCUT2D eigenvalue weighted by Gasteiger charge is 2.31. The number of aryl methyl sites for hydroxylation is 1. The predicted molar refractivity (Wildman–Crippen MR) is 95.9 cm³/mol. The normalized spacial score (nSPS) is 16.1. The summed E-state index contributed by atoms with van der Waals surface area (Å²) in [6, 6.07) is 7.24. The van der Waals surface area contributed by atoms with Gasteiger partial charge in [0.15, 0.2) is 0 Å². The van der Waals surface area contributed by atoms with Gasteiger partial charge in [0.25, 0.3) is 5.56 Å². The largest absolute Gasteiger partial charge is 0.497 e. The first-order valence-corrected chi connectivity index (χ1v) is 8.68. The van der Waals surface area contributed by atoms with Crippen LogP contribution in [0.1, 0.15) is 37.7 Å². The van der Waals surface area contributed by atoms with Crippen molar-refractivity contribution < 1.29 is 14.6 Å². The Balaban J connectivity index is 1.63. The zero-order valence-corrected chi connectivity index (χ0v) is 14.4. The molecule has 1 heterocycles. The zero-order valence-electron chi connectivity index (χ0n) is 14.4. The Hall–Kier alpha value is -2.34. The lowest BCUT2D eigenvalue weighted by Gasteiger charge is -2.22. The first-order chi connectivity index (χ1) is 12.0. The summed E-state index contributed by atoms with van der Waals surface area (Å²) in [6.45, 7) is 0.289. The minimum Gasteiger partial charge on any atom is -0.497 e. The molecule has 6 nitrogen and oxygen atoms in total. The smallest absolute Gasteiger partial charge is 0.251 e. The number of aliphatic hydroxyl groups is 1. The molecule has 1 aliphatic rings. The molecule has 134 valence electrons. The van der Waals surface area contributed by atoms with E-state index in [2.05, 4.69) is 10.3 Å². The number of amides is 1. The fraction of sp³-hybridized carbons (Fsp3) is 0.474. The van der Waals surface area contributed by atoms with Gasteiger partial charge in [-0.3, -0.25) is 9.59 Å². The molecular formula is C19H24N2O4. The number of benzene rings is 1. The van der Waals surface area contributed by atoms with Gasteiger partial charge in [0, 0.05) is 29.4 Å². The van der Waals surface area contributed by atoms with Crippen LogP contribution in [0.3, 0.4) is 0 Å². The summed E-state index contributed by atoms with van der Waals surface area (Å²) < 4.78 is 5.20. The number of pyridine rings is 1.